The van der Waals surface area contributed by atoms with Gasteiger partial charge in [0, 0.05) is 53.6 Å². The molecule has 31 heavy (non-hydrogen) atoms. The SMILES string of the molecule is Fc1ccc(CN2CCN(C3Cc4ccc(F)cc4Sc4ccc(Cl)cc43)CC2)cc1. The van der Waals surface area contributed by atoms with Crippen molar-refractivity contribution in [1.82, 2.24) is 9.80 Å². The highest BCUT2D eigenvalue weighted by Crippen LogP contribution is 2.44. The Labute approximate surface area is 190 Å². The predicted octanol–water partition coefficient (Wildman–Crippen LogP) is 6.18. The maximum Gasteiger partial charge on any atom is 0.124 e. The number of hydrogen-bond acceptors (Lipinski definition) is 3. The van der Waals surface area contributed by atoms with E-state index in [0.29, 0.717) is 0 Å². The van der Waals surface area contributed by atoms with Crippen LogP contribution < -0.4 is 0 Å². The van der Waals surface area contributed by atoms with E-state index in [4.69, 9.17) is 11.6 Å². The Bertz CT molecular complexity index is 1080. The average Bonchev–Trinajstić information content (AvgIpc) is 2.92. The molecule has 0 aromatic heterocycles. The van der Waals surface area contributed by atoms with Crippen LogP contribution in [-0.2, 0) is 13.0 Å². The molecule has 6 heteroatoms. The molecule has 1 fully saturated rings. The van der Waals surface area contributed by atoms with Gasteiger partial charge in [0.25, 0.3) is 0 Å². The molecule has 0 aliphatic carbocycles. The summed E-state index contributed by atoms with van der Waals surface area (Å²) in [5, 5.41) is 0.733. The first-order valence-corrected chi connectivity index (χ1v) is 11.7. The molecule has 3 aromatic rings. The number of halogens is 3. The Morgan fingerprint density at radius 2 is 1.58 bits per heavy atom. The Hall–Kier alpha value is -1.92. The van der Waals surface area contributed by atoms with Crippen molar-refractivity contribution in [2.45, 2.75) is 28.8 Å². The summed E-state index contributed by atoms with van der Waals surface area (Å²) >= 11 is 8.00. The van der Waals surface area contributed by atoms with Crippen molar-refractivity contribution in [3.8, 4) is 0 Å². The minimum absolute atomic E-state index is 0.197. The fraction of sp³-hybridized carbons (Fsp3) is 0.280. The van der Waals surface area contributed by atoms with Gasteiger partial charge in [0.2, 0.25) is 0 Å². The van der Waals surface area contributed by atoms with Crippen LogP contribution in [-0.4, -0.2) is 36.0 Å². The summed E-state index contributed by atoms with van der Waals surface area (Å²) < 4.78 is 27.1. The molecule has 0 spiro atoms. The maximum absolute atomic E-state index is 13.9. The first kappa shape index (κ1) is 21.0. The zero-order valence-corrected chi connectivity index (χ0v) is 18.6. The smallest absolute Gasteiger partial charge is 0.124 e. The van der Waals surface area contributed by atoms with Crippen LogP contribution in [0.25, 0.3) is 0 Å². The quantitative estimate of drug-likeness (QED) is 0.464. The highest BCUT2D eigenvalue weighted by Gasteiger charge is 2.30. The highest BCUT2D eigenvalue weighted by molar-refractivity contribution is 7.99. The highest BCUT2D eigenvalue weighted by atomic mass is 35.5. The van der Waals surface area contributed by atoms with Crippen LogP contribution in [0.5, 0.6) is 0 Å². The molecule has 1 saturated heterocycles. The van der Waals surface area contributed by atoms with E-state index in [1.165, 1.54) is 23.3 Å². The molecule has 5 rings (SSSR count). The monoisotopic (exact) mass is 456 g/mol. The van der Waals surface area contributed by atoms with Crippen molar-refractivity contribution < 1.29 is 8.78 Å². The van der Waals surface area contributed by atoms with Crippen molar-refractivity contribution >= 4 is 23.4 Å². The van der Waals surface area contributed by atoms with Crippen molar-refractivity contribution in [2.75, 3.05) is 26.2 Å². The van der Waals surface area contributed by atoms with Crippen LogP contribution in [0.15, 0.2) is 70.5 Å². The number of rotatable bonds is 3. The van der Waals surface area contributed by atoms with E-state index in [-0.39, 0.29) is 17.7 Å². The first-order valence-electron chi connectivity index (χ1n) is 10.5. The Morgan fingerprint density at radius 3 is 2.35 bits per heavy atom. The maximum atomic E-state index is 13.9. The van der Waals surface area contributed by atoms with E-state index in [9.17, 15) is 8.78 Å². The summed E-state index contributed by atoms with van der Waals surface area (Å²) in [5.74, 6) is -0.396. The van der Waals surface area contributed by atoms with Gasteiger partial charge in [-0.2, -0.15) is 0 Å². The first-order chi connectivity index (χ1) is 15.0. The number of hydrogen-bond donors (Lipinski definition) is 0. The molecule has 2 aliphatic heterocycles. The van der Waals surface area contributed by atoms with E-state index in [2.05, 4.69) is 21.9 Å². The number of benzene rings is 3. The zero-order valence-electron chi connectivity index (χ0n) is 17.0. The van der Waals surface area contributed by atoms with E-state index in [0.717, 1.165) is 59.5 Å². The molecule has 1 unspecified atom stereocenters. The standard InChI is InChI=1S/C25H23ClF2N2S/c26-19-4-8-24-22(14-19)23(13-18-3-7-21(28)15-25(18)31-24)30-11-9-29(10-12-30)16-17-1-5-20(27)6-2-17/h1-8,14-15,23H,9-13,16H2. The summed E-state index contributed by atoms with van der Waals surface area (Å²) in [6.07, 6.45) is 0.841. The molecule has 3 aromatic carbocycles. The van der Waals surface area contributed by atoms with Crippen LogP contribution in [0.1, 0.15) is 22.7 Å². The van der Waals surface area contributed by atoms with Crippen LogP contribution in [0.4, 0.5) is 8.78 Å². The topological polar surface area (TPSA) is 6.48 Å². The molecular weight excluding hydrogens is 434 g/mol. The summed E-state index contributed by atoms with van der Waals surface area (Å²) in [5.41, 5.74) is 3.53. The van der Waals surface area contributed by atoms with Crippen LogP contribution in [0.2, 0.25) is 5.02 Å². The van der Waals surface area contributed by atoms with Crippen molar-refractivity contribution in [3.63, 3.8) is 0 Å². The van der Waals surface area contributed by atoms with Crippen molar-refractivity contribution in [2.24, 2.45) is 0 Å². The number of fused-ring (bicyclic) bond motifs is 2. The summed E-state index contributed by atoms with van der Waals surface area (Å²) in [6, 6.07) is 18.1. The largest absolute Gasteiger partial charge is 0.297 e. The minimum atomic E-state index is -0.199. The fourth-order valence-electron chi connectivity index (χ4n) is 4.51. The Kier molecular flexibility index (Phi) is 6.02. The van der Waals surface area contributed by atoms with Gasteiger partial charge in [-0.05, 0) is 65.6 Å². The lowest BCUT2D eigenvalue weighted by Crippen LogP contribution is -2.47. The minimum Gasteiger partial charge on any atom is -0.297 e. The Balaban J connectivity index is 1.36. The zero-order chi connectivity index (χ0) is 21.4. The van der Waals surface area contributed by atoms with Gasteiger partial charge < -0.3 is 0 Å². The molecule has 2 heterocycles. The van der Waals surface area contributed by atoms with Gasteiger partial charge in [0.15, 0.2) is 0 Å². The van der Waals surface area contributed by atoms with Crippen LogP contribution in [0.3, 0.4) is 0 Å². The second kappa shape index (κ2) is 8.91. The third-order valence-corrected chi connectivity index (χ3v) is 7.59. The average molecular weight is 457 g/mol. The molecule has 0 amide bonds. The van der Waals surface area contributed by atoms with Crippen LogP contribution >= 0.6 is 23.4 Å². The van der Waals surface area contributed by atoms with Gasteiger partial charge in [-0.3, -0.25) is 9.80 Å². The van der Waals surface area contributed by atoms with Crippen molar-refractivity contribution in [1.29, 1.82) is 0 Å². The number of piperazine rings is 1. The third-order valence-electron chi connectivity index (χ3n) is 6.16. The van der Waals surface area contributed by atoms with Crippen molar-refractivity contribution in [3.05, 3.63) is 94.0 Å². The molecular formula is C25H23ClF2N2S. The predicted molar refractivity (Wildman–Crippen MR) is 122 cm³/mol. The normalized spacial score (nSPS) is 19.5. The van der Waals surface area contributed by atoms with Crippen LogP contribution in [0, 0.1) is 11.6 Å². The number of nitrogens with zero attached hydrogens (tertiary/aromatic N) is 2. The lowest BCUT2D eigenvalue weighted by Gasteiger charge is -2.39. The van der Waals surface area contributed by atoms with Gasteiger partial charge in [-0.15, -0.1) is 0 Å². The molecule has 0 N–H and O–H groups in total. The van der Waals surface area contributed by atoms with E-state index >= 15 is 0 Å². The molecule has 2 aliphatic rings. The van der Waals surface area contributed by atoms with Gasteiger partial charge in [0.05, 0.1) is 0 Å². The molecule has 0 radical (unpaired) electrons. The summed E-state index contributed by atoms with van der Waals surface area (Å²) in [6.45, 7) is 4.62. The molecule has 0 bridgehead atoms. The lowest BCUT2D eigenvalue weighted by atomic mass is 9.96. The van der Waals surface area contributed by atoms with Gasteiger partial charge in [-0.1, -0.05) is 41.6 Å². The molecule has 160 valence electrons. The van der Waals surface area contributed by atoms with Gasteiger partial charge in [-0.25, -0.2) is 8.78 Å². The summed E-state index contributed by atoms with van der Waals surface area (Å²) in [7, 11) is 0. The molecule has 2 nitrogen and oxygen atoms in total. The second-order valence-corrected chi connectivity index (χ2v) is 9.71. The van der Waals surface area contributed by atoms with E-state index in [1.807, 2.05) is 24.3 Å². The Morgan fingerprint density at radius 1 is 0.839 bits per heavy atom. The van der Waals surface area contributed by atoms with E-state index < -0.39 is 0 Å². The lowest BCUT2D eigenvalue weighted by molar-refractivity contribution is 0.0902. The molecule has 0 saturated carbocycles. The van der Waals surface area contributed by atoms with E-state index in [1.54, 1.807) is 23.9 Å². The van der Waals surface area contributed by atoms with Gasteiger partial charge >= 0.3 is 0 Å². The molecule has 1 atom stereocenters. The second-order valence-electron chi connectivity index (χ2n) is 8.19. The fourth-order valence-corrected chi connectivity index (χ4v) is 5.83. The third kappa shape index (κ3) is 4.65. The summed E-state index contributed by atoms with van der Waals surface area (Å²) in [4.78, 5) is 7.07. The van der Waals surface area contributed by atoms with Gasteiger partial charge in [0.1, 0.15) is 11.6 Å².